The number of non-ortho nitro benzene ring substituents is 1. The Morgan fingerprint density at radius 1 is 1.28 bits per heavy atom. The Morgan fingerprint density at radius 3 is 2.75 bits per heavy atom. The molecule has 0 bridgehead atoms. The first-order valence-electron chi connectivity index (χ1n) is 9.67. The number of carbonyl (C=O) groups excluding carboxylic acids is 1. The number of nitro benzene ring substituents is 1. The topological polar surface area (TPSA) is 120 Å². The maximum absolute atomic E-state index is 12.3. The normalized spacial score (nSPS) is 11.0. The van der Waals surface area contributed by atoms with Gasteiger partial charge in [-0.15, -0.1) is 11.3 Å². The summed E-state index contributed by atoms with van der Waals surface area (Å²) in [5.74, 6) is -0.776. The summed E-state index contributed by atoms with van der Waals surface area (Å²) in [7, 11) is 0. The van der Waals surface area contributed by atoms with Crippen LogP contribution in [0.2, 0.25) is 0 Å². The molecule has 4 rings (SSSR count). The van der Waals surface area contributed by atoms with E-state index in [1.165, 1.54) is 22.8 Å². The summed E-state index contributed by atoms with van der Waals surface area (Å²) in [5, 5.41) is 15.7. The average molecular weight is 471 g/mol. The SMILES string of the molecule is Cc1csc(Sc2ccc(NC(=O)CCCn3c(=O)oc4cc([N+](=O)[O-])ccc43)cc2)n1. The van der Waals surface area contributed by atoms with E-state index in [9.17, 15) is 19.7 Å². The first-order valence-corrected chi connectivity index (χ1v) is 11.4. The van der Waals surface area contributed by atoms with E-state index in [0.717, 1.165) is 14.9 Å². The number of nitrogens with one attached hydrogen (secondary N) is 1. The third-order valence-electron chi connectivity index (χ3n) is 4.59. The van der Waals surface area contributed by atoms with Crippen molar-refractivity contribution in [2.75, 3.05) is 5.32 Å². The molecular formula is C21H18N4O5S2. The van der Waals surface area contributed by atoms with E-state index < -0.39 is 10.7 Å². The lowest BCUT2D eigenvalue weighted by Crippen LogP contribution is -2.17. The molecule has 0 aliphatic rings. The number of hydrogen-bond donors (Lipinski definition) is 1. The van der Waals surface area contributed by atoms with E-state index in [1.54, 1.807) is 23.1 Å². The van der Waals surface area contributed by atoms with Gasteiger partial charge in [-0.1, -0.05) is 11.8 Å². The quantitative estimate of drug-likeness (QED) is 0.289. The zero-order valence-corrected chi connectivity index (χ0v) is 18.6. The van der Waals surface area contributed by atoms with Gasteiger partial charge in [0, 0.05) is 40.7 Å². The summed E-state index contributed by atoms with van der Waals surface area (Å²) < 4.78 is 7.44. The highest BCUT2D eigenvalue weighted by atomic mass is 32.2. The van der Waals surface area contributed by atoms with Gasteiger partial charge in [-0.2, -0.15) is 0 Å². The smallest absolute Gasteiger partial charge is 0.407 e. The number of hydrogen-bond acceptors (Lipinski definition) is 8. The maximum atomic E-state index is 12.3. The van der Waals surface area contributed by atoms with Crippen LogP contribution in [0.15, 0.2) is 66.3 Å². The summed E-state index contributed by atoms with van der Waals surface area (Å²) in [4.78, 5) is 40.1. The highest BCUT2D eigenvalue weighted by Gasteiger charge is 2.14. The lowest BCUT2D eigenvalue weighted by atomic mass is 10.2. The van der Waals surface area contributed by atoms with Gasteiger partial charge in [-0.05, 0) is 43.7 Å². The molecule has 11 heteroatoms. The van der Waals surface area contributed by atoms with Gasteiger partial charge in [0.1, 0.15) is 0 Å². The van der Waals surface area contributed by atoms with Gasteiger partial charge in [0.05, 0.1) is 16.5 Å². The summed E-state index contributed by atoms with van der Waals surface area (Å²) in [6.07, 6.45) is 0.621. The molecule has 0 saturated carbocycles. The Kier molecular flexibility index (Phi) is 6.37. The second kappa shape index (κ2) is 9.37. The molecule has 0 aliphatic carbocycles. The van der Waals surface area contributed by atoms with Gasteiger partial charge in [-0.25, -0.2) is 9.78 Å². The fourth-order valence-electron chi connectivity index (χ4n) is 3.09. The molecule has 2 heterocycles. The van der Waals surface area contributed by atoms with Crippen LogP contribution >= 0.6 is 23.1 Å². The lowest BCUT2D eigenvalue weighted by Gasteiger charge is -2.06. The Bertz CT molecular complexity index is 1340. The fraction of sp³-hybridized carbons (Fsp3) is 0.190. The number of nitro groups is 1. The highest BCUT2D eigenvalue weighted by molar-refractivity contribution is 8.01. The zero-order valence-electron chi connectivity index (χ0n) is 16.9. The first-order chi connectivity index (χ1) is 15.4. The molecule has 0 fully saturated rings. The van der Waals surface area contributed by atoms with Crippen molar-refractivity contribution in [3.8, 4) is 0 Å². The summed E-state index contributed by atoms with van der Waals surface area (Å²) in [5.41, 5.74) is 2.15. The molecule has 9 nitrogen and oxygen atoms in total. The van der Waals surface area contributed by atoms with Crippen LogP contribution in [0.5, 0.6) is 0 Å². The van der Waals surface area contributed by atoms with E-state index in [2.05, 4.69) is 10.3 Å². The van der Waals surface area contributed by atoms with Gasteiger partial charge in [-0.3, -0.25) is 19.5 Å². The molecule has 0 unspecified atom stereocenters. The van der Waals surface area contributed by atoms with Crippen molar-refractivity contribution < 1.29 is 14.1 Å². The minimum atomic E-state index is -0.607. The molecule has 164 valence electrons. The molecule has 0 spiro atoms. The molecular weight excluding hydrogens is 452 g/mol. The Labute approximate surface area is 190 Å². The summed E-state index contributed by atoms with van der Waals surface area (Å²) in [6, 6.07) is 11.5. The monoisotopic (exact) mass is 470 g/mol. The number of anilines is 1. The van der Waals surface area contributed by atoms with Gasteiger partial charge < -0.3 is 9.73 Å². The van der Waals surface area contributed by atoms with Gasteiger partial charge in [0.2, 0.25) is 5.91 Å². The van der Waals surface area contributed by atoms with Crippen LogP contribution in [0, 0.1) is 17.0 Å². The molecule has 1 amide bonds. The van der Waals surface area contributed by atoms with Crippen molar-refractivity contribution in [1.82, 2.24) is 9.55 Å². The van der Waals surface area contributed by atoms with E-state index in [4.69, 9.17) is 4.42 Å². The second-order valence-corrected chi connectivity index (χ2v) is 9.14. The summed E-state index contributed by atoms with van der Waals surface area (Å²) >= 11 is 3.16. The molecule has 0 saturated heterocycles. The number of aromatic nitrogens is 2. The zero-order chi connectivity index (χ0) is 22.7. The summed E-state index contributed by atoms with van der Waals surface area (Å²) in [6.45, 7) is 2.22. The third-order valence-corrected chi connectivity index (χ3v) is 6.65. The van der Waals surface area contributed by atoms with Gasteiger partial charge in [0.25, 0.3) is 5.69 Å². The standard InChI is InChI=1S/C21H18N4O5S2/c1-13-12-31-20(22-13)32-16-7-4-14(5-8-16)23-19(26)3-2-10-24-17-9-6-15(25(28)29)11-18(17)30-21(24)27/h4-9,11-12H,2-3,10H2,1H3,(H,23,26). The number of oxazole rings is 1. The molecule has 0 atom stereocenters. The molecule has 2 aromatic carbocycles. The van der Waals surface area contributed by atoms with Crippen LogP contribution in [-0.4, -0.2) is 20.4 Å². The van der Waals surface area contributed by atoms with Gasteiger partial charge in [0.15, 0.2) is 9.92 Å². The van der Waals surface area contributed by atoms with E-state index >= 15 is 0 Å². The van der Waals surface area contributed by atoms with E-state index in [0.29, 0.717) is 17.6 Å². The predicted octanol–water partition coefficient (Wildman–Crippen LogP) is 4.84. The average Bonchev–Trinajstić information content (AvgIpc) is 3.31. The van der Waals surface area contributed by atoms with Crippen molar-refractivity contribution in [1.29, 1.82) is 0 Å². The van der Waals surface area contributed by atoms with Crippen LogP contribution in [-0.2, 0) is 11.3 Å². The van der Waals surface area contributed by atoms with Crippen LogP contribution in [0.3, 0.4) is 0 Å². The number of carbonyl (C=O) groups is 1. The van der Waals surface area contributed by atoms with Crippen molar-refractivity contribution >= 4 is 51.5 Å². The van der Waals surface area contributed by atoms with E-state index in [1.807, 2.05) is 36.6 Å². The van der Waals surface area contributed by atoms with Crippen molar-refractivity contribution in [2.45, 2.75) is 35.5 Å². The number of aryl methyl sites for hydroxylation is 2. The van der Waals surface area contributed by atoms with Crippen LogP contribution in [0.4, 0.5) is 11.4 Å². The minimum absolute atomic E-state index is 0.149. The molecule has 32 heavy (non-hydrogen) atoms. The second-order valence-electron chi connectivity index (χ2n) is 6.96. The van der Waals surface area contributed by atoms with Crippen molar-refractivity contribution in [2.24, 2.45) is 0 Å². The largest absolute Gasteiger partial charge is 0.419 e. The van der Waals surface area contributed by atoms with Crippen LogP contribution in [0.1, 0.15) is 18.5 Å². The molecule has 4 aromatic rings. The molecule has 1 N–H and O–H groups in total. The molecule has 0 aliphatic heterocycles. The highest BCUT2D eigenvalue weighted by Crippen LogP contribution is 2.30. The minimum Gasteiger partial charge on any atom is -0.407 e. The predicted molar refractivity (Wildman–Crippen MR) is 122 cm³/mol. The van der Waals surface area contributed by atoms with Crippen molar-refractivity contribution in [3.05, 3.63) is 74.2 Å². The lowest BCUT2D eigenvalue weighted by molar-refractivity contribution is -0.384. The van der Waals surface area contributed by atoms with E-state index in [-0.39, 0.29) is 30.1 Å². The van der Waals surface area contributed by atoms with Crippen LogP contribution < -0.4 is 11.1 Å². The first kappa shape index (κ1) is 21.8. The van der Waals surface area contributed by atoms with Crippen molar-refractivity contribution in [3.63, 3.8) is 0 Å². The number of nitrogens with zero attached hydrogens (tertiary/aromatic N) is 3. The number of benzene rings is 2. The molecule has 0 radical (unpaired) electrons. The maximum Gasteiger partial charge on any atom is 0.419 e. The number of thiazole rings is 1. The Hall–Kier alpha value is -3.44. The Morgan fingerprint density at radius 2 is 2.06 bits per heavy atom. The van der Waals surface area contributed by atoms with Gasteiger partial charge >= 0.3 is 5.76 Å². The Balaban J connectivity index is 1.31. The number of amides is 1. The fourth-order valence-corrected chi connectivity index (χ4v) is 4.90. The molecule has 2 aromatic heterocycles. The third kappa shape index (κ3) is 5.06. The number of fused-ring (bicyclic) bond motifs is 1. The van der Waals surface area contributed by atoms with Crippen LogP contribution in [0.25, 0.3) is 11.1 Å². The number of rotatable bonds is 8.